The SMILES string of the molecule is CCOC(=O)c1c(NC(=O)CCBr)oc(C)c1C(C)=O. The molecule has 0 unspecified atom stereocenters. The summed E-state index contributed by atoms with van der Waals surface area (Å²) in [6.07, 6.45) is 0.220. The Hall–Kier alpha value is -1.63. The van der Waals surface area contributed by atoms with Gasteiger partial charge >= 0.3 is 5.97 Å². The van der Waals surface area contributed by atoms with Crippen molar-refractivity contribution >= 4 is 39.5 Å². The number of Topliss-reactive ketones (excluding diaryl/α,β-unsaturated/α-hetero) is 1. The van der Waals surface area contributed by atoms with Crippen LogP contribution in [0, 0.1) is 6.92 Å². The normalized spacial score (nSPS) is 10.2. The number of rotatable bonds is 6. The summed E-state index contributed by atoms with van der Waals surface area (Å²) in [6, 6.07) is 0. The number of nitrogens with one attached hydrogen (secondary N) is 1. The van der Waals surface area contributed by atoms with Gasteiger partial charge in [0.2, 0.25) is 11.8 Å². The van der Waals surface area contributed by atoms with E-state index in [1.807, 2.05) is 0 Å². The lowest BCUT2D eigenvalue weighted by molar-refractivity contribution is -0.115. The van der Waals surface area contributed by atoms with Crippen molar-refractivity contribution in [1.82, 2.24) is 0 Å². The van der Waals surface area contributed by atoms with E-state index in [1.165, 1.54) is 6.92 Å². The Balaban J connectivity index is 3.23. The van der Waals surface area contributed by atoms with Crippen molar-refractivity contribution in [1.29, 1.82) is 0 Å². The maximum Gasteiger partial charge on any atom is 0.344 e. The van der Waals surface area contributed by atoms with Gasteiger partial charge in [-0.15, -0.1) is 0 Å². The van der Waals surface area contributed by atoms with Gasteiger partial charge < -0.3 is 9.15 Å². The van der Waals surface area contributed by atoms with Gasteiger partial charge in [-0.25, -0.2) is 4.79 Å². The summed E-state index contributed by atoms with van der Waals surface area (Å²) in [4.78, 5) is 35.2. The number of carbonyl (C=O) groups excluding carboxylic acids is 3. The second kappa shape index (κ2) is 7.23. The number of carbonyl (C=O) groups is 3. The zero-order valence-electron chi connectivity index (χ0n) is 11.5. The van der Waals surface area contributed by atoms with Crippen LogP contribution in [0.1, 0.15) is 46.7 Å². The van der Waals surface area contributed by atoms with Crippen molar-refractivity contribution in [2.24, 2.45) is 0 Å². The van der Waals surface area contributed by atoms with Crippen LogP contribution in [0.15, 0.2) is 4.42 Å². The van der Waals surface area contributed by atoms with Crippen LogP contribution in [0.25, 0.3) is 0 Å². The van der Waals surface area contributed by atoms with Crippen LogP contribution < -0.4 is 5.32 Å². The number of esters is 1. The molecule has 1 aromatic heterocycles. The highest BCUT2D eigenvalue weighted by molar-refractivity contribution is 9.09. The smallest absolute Gasteiger partial charge is 0.344 e. The highest BCUT2D eigenvalue weighted by Crippen LogP contribution is 2.28. The van der Waals surface area contributed by atoms with Crippen LogP contribution in [0.2, 0.25) is 0 Å². The minimum Gasteiger partial charge on any atom is -0.462 e. The zero-order valence-corrected chi connectivity index (χ0v) is 13.1. The molecule has 0 saturated heterocycles. The van der Waals surface area contributed by atoms with E-state index in [-0.39, 0.29) is 47.5 Å². The molecule has 0 bridgehead atoms. The number of amides is 1. The van der Waals surface area contributed by atoms with Crippen LogP contribution in [-0.2, 0) is 9.53 Å². The van der Waals surface area contributed by atoms with Crippen molar-refractivity contribution in [2.45, 2.75) is 27.2 Å². The summed E-state index contributed by atoms with van der Waals surface area (Å²) in [5, 5.41) is 2.96. The molecule has 0 aliphatic carbocycles. The van der Waals surface area contributed by atoms with Crippen LogP contribution >= 0.6 is 15.9 Å². The third-order valence-corrected chi connectivity index (χ3v) is 2.89. The number of halogens is 1. The molecule has 0 aliphatic rings. The van der Waals surface area contributed by atoms with Gasteiger partial charge in [-0.05, 0) is 20.8 Å². The number of furan rings is 1. The molecule has 6 nitrogen and oxygen atoms in total. The Morgan fingerprint density at radius 2 is 1.95 bits per heavy atom. The summed E-state index contributed by atoms with van der Waals surface area (Å²) >= 11 is 3.14. The number of alkyl halides is 1. The van der Waals surface area contributed by atoms with Crippen LogP contribution in [0.4, 0.5) is 5.88 Å². The van der Waals surface area contributed by atoms with Crippen molar-refractivity contribution in [3.05, 3.63) is 16.9 Å². The average Bonchev–Trinajstić information content (AvgIpc) is 2.66. The number of ketones is 1. The molecule has 1 rings (SSSR count). The first-order valence-corrected chi connectivity index (χ1v) is 7.21. The topological polar surface area (TPSA) is 85.6 Å². The van der Waals surface area contributed by atoms with Crippen LogP contribution in [-0.4, -0.2) is 29.6 Å². The number of hydrogen-bond donors (Lipinski definition) is 1. The Labute approximate surface area is 125 Å². The third-order valence-electron chi connectivity index (χ3n) is 2.49. The summed E-state index contributed by atoms with van der Waals surface area (Å²) in [5.74, 6) is -1.11. The molecule has 110 valence electrons. The summed E-state index contributed by atoms with van der Waals surface area (Å²) in [5.41, 5.74) is 0.109. The molecule has 0 saturated carbocycles. The first-order valence-electron chi connectivity index (χ1n) is 6.09. The number of ether oxygens (including phenoxy) is 1. The molecule has 1 amide bonds. The van der Waals surface area contributed by atoms with Gasteiger partial charge in [0.05, 0.1) is 12.2 Å². The maximum atomic E-state index is 11.9. The molecular weight excluding hydrogens is 330 g/mol. The van der Waals surface area contributed by atoms with E-state index < -0.39 is 5.97 Å². The molecule has 0 spiro atoms. The Kier molecular flexibility index (Phi) is 5.94. The van der Waals surface area contributed by atoms with Crippen molar-refractivity contribution < 1.29 is 23.5 Å². The van der Waals surface area contributed by atoms with E-state index in [4.69, 9.17) is 9.15 Å². The summed E-state index contributed by atoms with van der Waals surface area (Å²) in [6.45, 7) is 4.70. The molecule has 1 N–H and O–H groups in total. The molecular formula is C13H16BrNO5. The molecule has 0 fully saturated rings. The average molecular weight is 346 g/mol. The van der Waals surface area contributed by atoms with Crippen LogP contribution in [0.3, 0.4) is 0 Å². The highest BCUT2D eigenvalue weighted by atomic mass is 79.9. The minimum absolute atomic E-state index is 0.0280. The van der Waals surface area contributed by atoms with E-state index in [0.717, 1.165) is 0 Å². The third kappa shape index (κ3) is 3.69. The fourth-order valence-corrected chi connectivity index (χ4v) is 2.09. The molecule has 0 aromatic carbocycles. The van der Waals surface area contributed by atoms with Crippen molar-refractivity contribution in [3.63, 3.8) is 0 Å². The summed E-state index contributed by atoms with van der Waals surface area (Å²) in [7, 11) is 0. The Morgan fingerprint density at radius 1 is 1.30 bits per heavy atom. The largest absolute Gasteiger partial charge is 0.462 e. The monoisotopic (exact) mass is 345 g/mol. The molecule has 0 atom stereocenters. The fraction of sp³-hybridized carbons (Fsp3) is 0.462. The first kappa shape index (κ1) is 16.4. The first-order chi connectivity index (χ1) is 9.42. The second-order valence-corrected chi connectivity index (χ2v) is 4.79. The Bertz CT molecular complexity index is 535. The maximum absolute atomic E-state index is 11.9. The van der Waals surface area contributed by atoms with E-state index in [9.17, 15) is 14.4 Å². The van der Waals surface area contributed by atoms with E-state index in [0.29, 0.717) is 5.33 Å². The lowest BCUT2D eigenvalue weighted by Crippen LogP contribution is -2.16. The lowest BCUT2D eigenvalue weighted by Gasteiger charge is -2.05. The van der Waals surface area contributed by atoms with Gasteiger partial charge in [-0.2, -0.15) is 0 Å². The Morgan fingerprint density at radius 3 is 2.45 bits per heavy atom. The van der Waals surface area contributed by atoms with Gasteiger partial charge in [-0.3, -0.25) is 14.9 Å². The van der Waals surface area contributed by atoms with E-state index in [2.05, 4.69) is 21.2 Å². The molecule has 20 heavy (non-hydrogen) atoms. The lowest BCUT2D eigenvalue weighted by atomic mass is 10.1. The quantitative estimate of drug-likeness (QED) is 0.486. The fourth-order valence-electron chi connectivity index (χ4n) is 1.73. The van der Waals surface area contributed by atoms with Crippen LogP contribution in [0.5, 0.6) is 0 Å². The predicted octanol–water partition coefficient (Wildman–Crippen LogP) is 2.69. The van der Waals surface area contributed by atoms with Gasteiger partial charge in [-0.1, -0.05) is 15.9 Å². The zero-order chi connectivity index (χ0) is 15.3. The highest BCUT2D eigenvalue weighted by Gasteiger charge is 2.28. The van der Waals surface area contributed by atoms with Gasteiger partial charge in [0.1, 0.15) is 11.3 Å². The number of anilines is 1. The molecule has 0 radical (unpaired) electrons. The molecule has 0 aliphatic heterocycles. The van der Waals surface area contributed by atoms with E-state index in [1.54, 1.807) is 13.8 Å². The molecule has 7 heteroatoms. The second-order valence-electron chi connectivity index (χ2n) is 4.00. The summed E-state index contributed by atoms with van der Waals surface area (Å²) < 4.78 is 10.2. The van der Waals surface area contributed by atoms with Gasteiger partial charge in [0, 0.05) is 11.8 Å². The van der Waals surface area contributed by atoms with Gasteiger partial charge in [0.25, 0.3) is 0 Å². The number of aryl methyl sites for hydroxylation is 1. The van der Waals surface area contributed by atoms with E-state index >= 15 is 0 Å². The minimum atomic E-state index is -0.691. The molecule has 1 heterocycles. The predicted molar refractivity (Wildman–Crippen MR) is 76.4 cm³/mol. The van der Waals surface area contributed by atoms with Crippen molar-refractivity contribution in [3.8, 4) is 0 Å². The van der Waals surface area contributed by atoms with Gasteiger partial charge in [0.15, 0.2) is 5.78 Å². The van der Waals surface area contributed by atoms with Crippen molar-refractivity contribution in [2.75, 3.05) is 17.3 Å². The molecule has 1 aromatic rings. The standard InChI is InChI=1S/C13H16BrNO5/c1-4-19-13(18)11-10(7(2)16)8(3)20-12(11)15-9(17)5-6-14/h4-6H2,1-3H3,(H,15,17). The number of hydrogen-bond acceptors (Lipinski definition) is 5.